The molecule has 0 saturated carbocycles. The topological polar surface area (TPSA) is 80.1 Å². The number of aryl methyl sites for hydroxylation is 1. The molecule has 104 valence electrons. The van der Waals surface area contributed by atoms with Gasteiger partial charge in [-0.25, -0.2) is 4.98 Å². The van der Waals surface area contributed by atoms with Gasteiger partial charge in [0.05, 0.1) is 4.92 Å². The van der Waals surface area contributed by atoms with Crippen molar-refractivity contribution in [3.63, 3.8) is 0 Å². The summed E-state index contributed by atoms with van der Waals surface area (Å²) in [7, 11) is 0. The molecule has 0 atom stereocenters. The van der Waals surface area contributed by atoms with E-state index >= 15 is 0 Å². The number of nitrogens with one attached hydrogen (secondary N) is 2. The molecule has 1 aromatic heterocycles. The first-order valence-corrected chi connectivity index (χ1v) is 6.31. The minimum atomic E-state index is -0.391. The van der Waals surface area contributed by atoms with Crippen LogP contribution >= 0.6 is 0 Å². The lowest BCUT2D eigenvalue weighted by Crippen LogP contribution is -2.15. The molecule has 0 aliphatic heterocycles. The van der Waals surface area contributed by atoms with Crippen LogP contribution in [-0.2, 0) is 0 Å². The Morgan fingerprint density at radius 2 is 1.85 bits per heavy atom. The van der Waals surface area contributed by atoms with Crippen LogP contribution in [0.2, 0.25) is 0 Å². The Kier molecular flexibility index (Phi) is 4.49. The van der Waals surface area contributed by atoms with Crippen molar-refractivity contribution in [1.29, 1.82) is 0 Å². The molecule has 2 rings (SSSR count). The van der Waals surface area contributed by atoms with Crippen molar-refractivity contribution in [2.24, 2.45) is 0 Å². The molecule has 2 N–H and O–H groups in total. The summed E-state index contributed by atoms with van der Waals surface area (Å²) in [6.07, 6.45) is 0. The SMILES string of the molecule is Cc1cccc(NCCNc2ccccc2[N+](=O)[O-])n1. The quantitative estimate of drug-likeness (QED) is 0.480. The molecule has 1 aromatic carbocycles. The Morgan fingerprint density at radius 3 is 2.60 bits per heavy atom. The van der Waals surface area contributed by atoms with Crippen molar-refractivity contribution in [3.8, 4) is 0 Å². The number of nitro groups is 1. The number of pyridine rings is 1. The Hall–Kier alpha value is -2.63. The van der Waals surface area contributed by atoms with Crippen LogP contribution in [0.3, 0.4) is 0 Å². The van der Waals surface area contributed by atoms with Crippen LogP contribution in [0.25, 0.3) is 0 Å². The molecule has 0 fully saturated rings. The molecule has 1 heterocycles. The Bertz CT molecular complexity index is 601. The van der Waals surface area contributed by atoms with Gasteiger partial charge in [-0.1, -0.05) is 18.2 Å². The van der Waals surface area contributed by atoms with E-state index in [1.807, 2.05) is 25.1 Å². The third kappa shape index (κ3) is 3.68. The van der Waals surface area contributed by atoms with Gasteiger partial charge in [0.1, 0.15) is 11.5 Å². The van der Waals surface area contributed by atoms with Crippen molar-refractivity contribution in [3.05, 3.63) is 58.3 Å². The Labute approximate surface area is 117 Å². The maximum atomic E-state index is 10.9. The monoisotopic (exact) mass is 272 g/mol. The molecule has 0 bridgehead atoms. The van der Waals surface area contributed by atoms with Crippen LogP contribution in [0, 0.1) is 17.0 Å². The number of nitro benzene ring substituents is 1. The lowest BCUT2D eigenvalue weighted by Gasteiger charge is -2.09. The number of hydrogen-bond donors (Lipinski definition) is 2. The molecule has 6 nitrogen and oxygen atoms in total. The average molecular weight is 272 g/mol. The van der Waals surface area contributed by atoms with Crippen LogP contribution in [0.15, 0.2) is 42.5 Å². The van der Waals surface area contributed by atoms with Gasteiger partial charge in [-0.3, -0.25) is 10.1 Å². The van der Waals surface area contributed by atoms with E-state index in [1.165, 1.54) is 6.07 Å². The first-order chi connectivity index (χ1) is 9.66. The normalized spacial score (nSPS) is 10.1. The van der Waals surface area contributed by atoms with E-state index in [9.17, 15) is 10.1 Å². The average Bonchev–Trinajstić information content (AvgIpc) is 2.44. The van der Waals surface area contributed by atoms with E-state index in [0.29, 0.717) is 18.8 Å². The highest BCUT2D eigenvalue weighted by Gasteiger charge is 2.10. The lowest BCUT2D eigenvalue weighted by molar-refractivity contribution is -0.384. The lowest BCUT2D eigenvalue weighted by atomic mass is 10.2. The summed E-state index contributed by atoms with van der Waals surface area (Å²) < 4.78 is 0. The third-order valence-electron chi connectivity index (χ3n) is 2.74. The fourth-order valence-electron chi connectivity index (χ4n) is 1.81. The van der Waals surface area contributed by atoms with Crippen LogP contribution in [0.1, 0.15) is 5.69 Å². The molecular weight excluding hydrogens is 256 g/mol. The summed E-state index contributed by atoms with van der Waals surface area (Å²) >= 11 is 0. The second kappa shape index (κ2) is 6.51. The summed E-state index contributed by atoms with van der Waals surface area (Å²) in [5.41, 5.74) is 1.55. The Morgan fingerprint density at radius 1 is 1.10 bits per heavy atom. The van der Waals surface area contributed by atoms with Crippen molar-refractivity contribution in [2.75, 3.05) is 23.7 Å². The van der Waals surface area contributed by atoms with Crippen molar-refractivity contribution in [1.82, 2.24) is 4.98 Å². The van der Waals surface area contributed by atoms with E-state index < -0.39 is 4.92 Å². The summed E-state index contributed by atoms with van der Waals surface area (Å²) in [6, 6.07) is 12.3. The molecule has 0 aliphatic rings. The smallest absolute Gasteiger partial charge is 0.292 e. The predicted octanol–water partition coefficient (Wildman–Crippen LogP) is 2.82. The number of rotatable bonds is 6. The number of aromatic nitrogens is 1. The van der Waals surface area contributed by atoms with E-state index in [2.05, 4.69) is 15.6 Å². The molecule has 0 aliphatic carbocycles. The zero-order valence-electron chi connectivity index (χ0n) is 11.2. The van der Waals surface area contributed by atoms with Crippen LogP contribution < -0.4 is 10.6 Å². The number of benzene rings is 1. The van der Waals surface area contributed by atoms with Gasteiger partial charge in [-0.15, -0.1) is 0 Å². The van der Waals surface area contributed by atoms with Crippen molar-refractivity contribution >= 4 is 17.2 Å². The van der Waals surface area contributed by atoms with Crippen molar-refractivity contribution < 1.29 is 4.92 Å². The fraction of sp³-hybridized carbons (Fsp3) is 0.214. The highest BCUT2D eigenvalue weighted by atomic mass is 16.6. The summed E-state index contributed by atoms with van der Waals surface area (Å²) in [5, 5.41) is 17.1. The zero-order valence-corrected chi connectivity index (χ0v) is 11.2. The number of anilines is 2. The molecule has 2 aromatic rings. The van der Waals surface area contributed by atoms with Crippen LogP contribution in [0.5, 0.6) is 0 Å². The molecular formula is C14H16N4O2. The second-order valence-corrected chi connectivity index (χ2v) is 4.29. The van der Waals surface area contributed by atoms with Gasteiger partial charge in [0.15, 0.2) is 0 Å². The van der Waals surface area contributed by atoms with Gasteiger partial charge >= 0.3 is 0 Å². The number of hydrogen-bond acceptors (Lipinski definition) is 5. The summed E-state index contributed by atoms with van der Waals surface area (Å²) in [6.45, 7) is 3.12. The van der Waals surface area contributed by atoms with E-state index in [-0.39, 0.29) is 5.69 Å². The largest absolute Gasteiger partial charge is 0.378 e. The van der Waals surface area contributed by atoms with Crippen LogP contribution in [0.4, 0.5) is 17.2 Å². The first-order valence-electron chi connectivity index (χ1n) is 6.31. The van der Waals surface area contributed by atoms with E-state index in [1.54, 1.807) is 18.2 Å². The molecule has 0 spiro atoms. The van der Waals surface area contributed by atoms with E-state index in [4.69, 9.17) is 0 Å². The van der Waals surface area contributed by atoms with Gasteiger partial charge < -0.3 is 10.6 Å². The summed E-state index contributed by atoms with van der Waals surface area (Å²) in [5.74, 6) is 0.800. The van der Waals surface area contributed by atoms with E-state index in [0.717, 1.165) is 11.5 Å². The fourth-order valence-corrected chi connectivity index (χ4v) is 1.81. The maximum absolute atomic E-state index is 10.9. The molecule has 0 unspecified atom stereocenters. The number of nitrogens with zero attached hydrogens (tertiary/aromatic N) is 2. The van der Waals surface area contributed by atoms with Gasteiger partial charge in [-0.2, -0.15) is 0 Å². The molecule has 0 amide bonds. The third-order valence-corrected chi connectivity index (χ3v) is 2.74. The molecule has 0 radical (unpaired) electrons. The molecule has 6 heteroatoms. The molecule has 20 heavy (non-hydrogen) atoms. The zero-order chi connectivity index (χ0) is 14.4. The van der Waals surface area contributed by atoms with Crippen LogP contribution in [-0.4, -0.2) is 23.0 Å². The predicted molar refractivity (Wildman–Crippen MR) is 79.0 cm³/mol. The van der Waals surface area contributed by atoms with Gasteiger partial charge in [0.2, 0.25) is 0 Å². The highest BCUT2D eigenvalue weighted by Crippen LogP contribution is 2.22. The highest BCUT2D eigenvalue weighted by molar-refractivity contribution is 5.61. The number of para-hydroxylation sites is 2. The minimum absolute atomic E-state index is 0.0844. The second-order valence-electron chi connectivity index (χ2n) is 4.29. The molecule has 0 saturated heterocycles. The van der Waals surface area contributed by atoms with Gasteiger partial charge in [0, 0.05) is 24.8 Å². The summed E-state index contributed by atoms with van der Waals surface area (Å²) in [4.78, 5) is 14.8. The maximum Gasteiger partial charge on any atom is 0.292 e. The van der Waals surface area contributed by atoms with Gasteiger partial charge in [-0.05, 0) is 25.1 Å². The standard InChI is InChI=1S/C14H16N4O2/c1-11-5-4-8-14(17-11)16-10-9-15-12-6-2-3-7-13(12)18(19)20/h2-8,15H,9-10H2,1H3,(H,16,17). The van der Waals surface area contributed by atoms with Gasteiger partial charge in [0.25, 0.3) is 5.69 Å². The van der Waals surface area contributed by atoms with Crippen molar-refractivity contribution in [2.45, 2.75) is 6.92 Å². The Balaban J connectivity index is 1.86. The minimum Gasteiger partial charge on any atom is -0.378 e. The first kappa shape index (κ1) is 13.8.